The molecule has 3 rings (SSSR count). The van der Waals surface area contributed by atoms with Gasteiger partial charge < -0.3 is 9.47 Å². The first-order valence-corrected chi connectivity index (χ1v) is 8.64. The molecule has 1 aromatic carbocycles. The number of benzene rings is 1. The number of ether oxygens (including phenoxy) is 2. The van der Waals surface area contributed by atoms with Crippen molar-refractivity contribution in [1.29, 1.82) is 0 Å². The molecule has 0 N–H and O–H groups in total. The molecule has 25 heavy (non-hydrogen) atoms. The van der Waals surface area contributed by atoms with Gasteiger partial charge in [-0.25, -0.2) is 4.79 Å². The van der Waals surface area contributed by atoms with E-state index in [9.17, 15) is 9.59 Å². The van der Waals surface area contributed by atoms with E-state index in [1.165, 1.54) is 7.11 Å². The average molecular weight is 360 g/mol. The van der Waals surface area contributed by atoms with Gasteiger partial charge in [0.05, 0.1) is 23.5 Å². The number of rotatable bonds is 4. The summed E-state index contributed by atoms with van der Waals surface area (Å²) in [4.78, 5) is 30.9. The zero-order chi connectivity index (χ0) is 18.0. The van der Waals surface area contributed by atoms with E-state index >= 15 is 0 Å². The van der Waals surface area contributed by atoms with Crippen LogP contribution in [-0.2, 0) is 14.3 Å². The predicted molar refractivity (Wildman–Crippen MR) is 95.0 cm³/mol. The normalized spacial score (nSPS) is 28.1. The lowest BCUT2D eigenvalue weighted by Gasteiger charge is -2.40. The molecule has 4 unspecified atom stereocenters. The summed E-state index contributed by atoms with van der Waals surface area (Å²) in [5, 5.41) is 2.28. The molecule has 7 heteroatoms. The minimum absolute atomic E-state index is 0.0507. The zero-order valence-corrected chi connectivity index (χ0v) is 15.0. The van der Waals surface area contributed by atoms with E-state index in [1.807, 2.05) is 7.05 Å². The third-order valence-electron chi connectivity index (χ3n) is 5.20. The number of isothiocyanates is 1. The number of piperidine rings is 1. The molecule has 2 aliphatic rings. The van der Waals surface area contributed by atoms with Crippen molar-refractivity contribution in [3.05, 3.63) is 29.8 Å². The zero-order valence-electron chi connectivity index (χ0n) is 14.2. The van der Waals surface area contributed by atoms with Gasteiger partial charge in [-0.05, 0) is 50.3 Å². The van der Waals surface area contributed by atoms with Crippen LogP contribution in [0.3, 0.4) is 0 Å². The van der Waals surface area contributed by atoms with Crippen LogP contribution in [0.5, 0.6) is 0 Å². The second kappa shape index (κ2) is 7.44. The fourth-order valence-electron chi connectivity index (χ4n) is 3.95. The van der Waals surface area contributed by atoms with Gasteiger partial charge in [-0.15, -0.1) is 0 Å². The van der Waals surface area contributed by atoms with E-state index in [-0.39, 0.29) is 12.0 Å². The highest BCUT2D eigenvalue weighted by molar-refractivity contribution is 7.78. The van der Waals surface area contributed by atoms with Crippen LogP contribution in [0.1, 0.15) is 29.6 Å². The SMILES string of the molecule is COC(=O)C1C(OC(=O)c2cccc(N=C=S)c2)CC2CCC1N2C. The molecule has 2 fully saturated rings. The van der Waals surface area contributed by atoms with Crippen molar-refractivity contribution in [2.24, 2.45) is 10.9 Å². The maximum atomic E-state index is 12.6. The van der Waals surface area contributed by atoms with Gasteiger partial charge in [0.2, 0.25) is 0 Å². The Balaban J connectivity index is 1.80. The third-order valence-corrected chi connectivity index (χ3v) is 5.29. The van der Waals surface area contributed by atoms with Crippen LogP contribution in [-0.4, -0.2) is 54.3 Å². The molecule has 132 valence electrons. The molecular weight excluding hydrogens is 340 g/mol. The molecule has 0 aromatic heterocycles. The first-order valence-electron chi connectivity index (χ1n) is 8.24. The minimum Gasteiger partial charge on any atom is -0.469 e. The van der Waals surface area contributed by atoms with Crippen molar-refractivity contribution in [1.82, 2.24) is 4.90 Å². The van der Waals surface area contributed by atoms with Crippen LogP contribution in [0.25, 0.3) is 0 Å². The summed E-state index contributed by atoms with van der Waals surface area (Å²) in [6.45, 7) is 0. The summed E-state index contributed by atoms with van der Waals surface area (Å²) in [5.41, 5.74) is 0.916. The Morgan fingerprint density at radius 1 is 1.36 bits per heavy atom. The number of hydrogen-bond donors (Lipinski definition) is 0. The van der Waals surface area contributed by atoms with Gasteiger partial charge in [0.15, 0.2) is 0 Å². The number of esters is 2. The Morgan fingerprint density at radius 3 is 2.88 bits per heavy atom. The number of fused-ring (bicyclic) bond motifs is 2. The molecule has 0 spiro atoms. The Kier molecular flexibility index (Phi) is 5.27. The summed E-state index contributed by atoms with van der Waals surface area (Å²) in [6, 6.07) is 7.06. The van der Waals surface area contributed by atoms with Gasteiger partial charge in [-0.2, -0.15) is 4.99 Å². The Hall–Kier alpha value is -2.08. The Morgan fingerprint density at radius 2 is 2.16 bits per heavy atom. The second-order valence-corrected chi connectivity index (χ2v) is 6.63. The van der Waals surface area contributed by atoms with Crippen molar-refractivity contribution in [3.8, 4) is 0 Å². The number of methoxy groups -OCH3 is 1. The number of thiocarbonyl (C=S) groups is 1. The quantitative estimate of drug-likeness (QED) is 0.467. The number of aliphatic imine (C=N–C) groups is 1. The number of hydrogen-bond acceptors (Lipinski definition) is 7. The topological polar surface area (TPSA) is 68.2 Å². The number of carbonyl (C=O) groups excluding carboxylic acids is 2. The van der Waals surface area contributed by atoms with E-state index in [4.69, 9.17) is 9.47 Å². The Bertz CT molecular complexity index is 732. The molecule has 0 saturated carbocycles. The molecule has 0 radical (unpaired) electrons. The van der Waals surface area contributed by atoms with Crippen molar-refractivity contribution in [2.45, 2.75) is 37.5 Å². The molecule has 2 saturated heterocycles. The highest BCUT2D eigenvalue weighted by Crippen LogP contribution is 2.40. The summed E-state index contributed by atoms with van der Waals surface area (Å²) < 4.78 is 10.7. The molecule has 0 amide bonds. The highest BCUT2D eigenvalue weighted by atomic mass is 32.1. The molecule has 6 nitrogen and oxygen atoms in total. The van der Waals surface area contributed by atoms with Crippen molar-refractivity contribution >= 4 is 35.0 Å². The summed E-state index contributed by atoms with van der Waals surface area (Å²) in [6.07, 6.45) is 2.07. The molecule has 0 aliphatic carbocycles. The van der Waals surface area contributed by atoms with E-state index in [0.29, 0.717) is 23.7 Å². The highest BCUT2D eigenvalue weighted by Gasteiger charge is 2.50. The van der Waals surface area contributed by atoms with Gasteiger partial charge >= 0.3 is 11.9 Å². The summed E-state index contributed by atoms with van der Waals surface area (Å²) in [7, 11) is 3.39. The van der Waals surface area contributed by atoms with Gasteiger partial charge in [0.25, 0.3) is 0 Å². The summed E-state index contributed by atoms with van der Waals surface area (Å²) in [5.74, 6) is -1.25. The fraction of sp³-hybridized carbons (Fsp3) is 0.500. The van der Waals surface area contributed by atoms with Crippen LogP contribution in [0.2, 0.25) is 0 Å². The van der Waals surface area contributed by atoms with Gasteiger partial charge in [0.1, 0.15) is 12.0 Å². The first kappa shape index (κ1) is 17.7. The minimum atomic E-state index is -0.480. The first-order chi connectivity index (χ1) is 12.0. The number of nitrogens with zero attached hydrogens (tertiary/aromatic N) is 2. The largest absolute Gasteiger partial charge is 0.469 e. The van der Waals surface area contributed by atoms with E-state index in [2.05, 4.69) is 27.3 Å². The predicted octanol–water partition coefficient (Wildman–Crippen LogP) is 2.60. The third kappa shape index (κ3) is 3.49. The molecule has 2 bridgehead atoms. The molecule has 1 aromatic rings. The summed E-state index contributed by atoms with van der Waals surface area (Å²) >= 11 is 4.59. The molecule has 2 heterocycles. The van der Waals surface area contributed by atoms with Crippen molar-refractivity contribution < 1.29 is 19.1 Å². The Labute approximate surface area is 151 Å². The van der Waals surface area contributed by atoms with Crippen molar-refractivity contribution in [3.63, 3.8) is 0 Å². The smallest absolute Gasteiger partial charge is 0.338 e. The second-order valence-electron chi connectivity index (χ2n) is 6.45. The van der Waals surface area contributed by atoms with Crippen LogP contribution in [0.15, 0.2) is 29.3 Å². The van der Waals surface area contributed by atoms with Gasteiger partial charge in [-0.1, -0.05) is 6.07 Å². The van der Waals surface area contributed by atoms with Crippen LogP contribution in [0, 0.1) is 5.92 Å². The van der Waals surface area contributed by atoms with E-state index in [0.717, 1.165) is 12.8 Å². The van der Waals surface area contributed by atoms with E-state index < -0.39 is 18.0 Å². The van der Waals surface area contributed by atoms with Gasteiger partial charge in [0, 0.05) is 18.5 Å². The van der Waals surface area contributed by atoms with Crippen LogP contribution >= 0.6 is 12.2 Å². The average Bonchev–Trinajstić information content (AvgIpc) is 2.85. The molecular formula is C18H20N2O4S. The van der Waals surface area contributed by atoms with Crippen molar-refractivity contribution in [2.75, 3.05) is 14.2 Å². The number of carbonyl (C=O) groups is 2. The van der Waals surface area contributed by atoms with Gasteiger partial charge in [-0.3, -0.25) is 9.69 Å². The fourth-order valence-corrected chi connectivity index (χ4v) is 4.05. The standard InChI is InChI=1S/C18H20N2O4S/c1-20-13-6-7-14(20)16(18(22)23-2)15(9-13)24-17(21)11-4-3-5-12(8-11)19-10-25/h3-5,8,13-16H,6-7,9H2,1-2H3. The monoisotopic (exact) mass is 360 g/mol. The van der Waals surface area contributed by atoms with E-state index in [1.54, 1.807) is 24.3 Å². The lowest BCUT2D eigenvalue weighted by molar-refractivity contribution is -0.156. The van der Waals surface area contributed by atoms with Crippen LogP contribution < -0.4 is 0 Å². The maximum absolute atomic E-state index is 12.6. The maximum Gasteiger partial charge on any atom is 0.338 e. The molecule has 4 atom stereocenters. The lowest BCUT2D eigenvalue weighted by Crippen LogP contribution is -2.53. The van der Waals surface area contributed by atoms with Crippen LogP contribution in [0.4, 0.5) is 5.69 Å². The molecule has 2 aliphatic heterocycles. The lowest BCUT2D eigenvalue weighted by atomic mass is 9.87.